The quantitative estimate of drug-likeness (QED) is 0.610. The standard InChI is InChI=1S/C22H23N5O3/c28-18-13-16-3-1-2-4-17(16)19(18)23-21(29)15-7-5-14(6-8-15)20-24-22(26-25-20)27-9-11-30-12-10-27/h1-8,18-19,28H,9-13H2,(H,23,29)(H,24,25,26)/t18-,19+/m0/s1. The Morgan fingerprint density at radius 2 is 1.90 bits per heavy atom. The first-order chi connectivity index (χ1) is 14.7. The van der Waals surface area contributed by atoms with Gasteiger partial charge in [-0.15, -0.1) is 5.10 Å². The molecule has 1 saturated heterocycles. The van der Waals surface area contributed by atoms with Crippen LogP contribution in [-0.2, 0) is 11.2 Å². The Kier molecular flexibility index (Phi) is 4.94. The summed E-state index contributed by atoms with van der Waals surface area (Å²) < 4.78 is 5.36. The Labute approximate surface area is 173 Å². The number of aromatic amines is 1. The van der Waals surface area contributed by atoms with Crippen molar-refractivity contribution in [1.82, 2.24) is 20.5 Å². The fourth-order valence-electron chi connectivity index (χ4n) is 4.04. The van der Waals surface area contributed by atoms with Crippen molar-refractivity contribution in [2.75, 3.05) is 31.2 Å². The van der Waals surface area contributed by atoms with Crippen LogP contribution in [0.4, 0.5) is 5.95 Å². The first kappa shape index (κ1) is 18.8. The molecule has 8 nitrogen and oxygen atoms in total. The molecule has 1 aromatic heterocycles. The first-order valence-corrected chi connectivity index (χ1v) is 10.1. The lowest BCUT2D eigenvalue weighted by molar-refractivity contribution is 0.0858. The molecule has 3 N–H and O–H groups in total. The van der Waals surface area contributed by atoms with E-state index >= 15 is 0 Å². The van der Waals surface area contributed by atoms with Gasteiger partial charge in [0.25, 0.3) is 5.91 Å². The van der Waals surface area contributed by atoms with Gasteiger partial charge in [0.2, 0.25) is 5.95 Å². The number of carbonyl (C=O) groups excluding carboxylic acids is 1. The second-order valence-electron chi connectivity index (χ2n) is 7.58. The van der Waals surface area contributed by atoms with Gasteiger partial charge in [-0.25, -0.2) is 0 Å². The van der Waals surface area contributed by atoms with Gasteiger partial charge in [0, 0.05) is 30.6 Å². The molecule has 0 unspecified atom stereocenters. The van der Waals surface area contributed by atoms with Crippen LogP contribution in [0.5, 0.6) is 0 Å². The molecule has 0 spiro atoms. The number of rotatable bonds is 4. The van der Waals surface area contributed by atoms with Gasteiger partial charge in [-0.3, -0.25) is 9.89 Å². The SMILES string of the molecule is O=C(N[C@@H]1c2ccccc2C[C@@H]1O)c1ccc(-c2nc(N3CCOCC3)n[nH]2)cc1. The molecule has 0 radical (unpaired) electrons. The number of ether oxygens (including phenoxy) is 1. The molecule has 0 bridgehead atoms. The van der Waals surface area contributed by atoms with Crippen LogP contribution >= 0.6 is 0 Å². The third-order valence-corrected chi connectivity index (χ3v) is 5.68. The summed E-state index contributed by atoms with van der Waals surface area (Å²) in [4.78, 5) is 19.4. The highest BCUT2D eigenvalue weighted by Gasteiger charge is 2.32. The molecule has 0 saturated carbocycles. The zero-order valence-corrected chi connectivity index (χ0v) is 16.4. The molecule has 2 aliphatic rings. The smallest absolute Gasteiger partial charge is 0.251 e. The fraction of sp³-hybridized carbons (Fsp3) is 0.318. The zero-order valence-electron chi connectivity index (χ0n) is 16.4. The molecule has 3 aromatic rings. The lowest BCUT2D eigenvalue weighted by Gasteiger charge is -2.25. The van der Waals surface area contributed by atoms with Gasteiger partial charge in [0.05, 0.1) is 25.4 Å². The monoisotopic (exact) mass is 405 g/mol. The molecule has 1 amide bonds. The van der Waals surface area contributed by atoms with Crippen LogP contribution < -0.4 is 10.2 Å². The number of benzene rings is 2. The van der Waals surface area contributed by atoms with E-state index in [0.717, 1.165) is 29.8 Å². The van der Waals surface area contributed by atoms with Crippen LogP contribution in [-0.4, -0.2) is 58.6 Å². The highest BCUT2D eigenvalue weighted by Crippen LogP contribution is 2.31. The van der Waals surface area contributed by atoms with Crippen LogP contribution in [0.25, 0.3) is 11.4 Å². The van der Waals surface area contributed by atoms with Crippen LogP contribution in [0.2, 0.25) is 0 Å². The van der Waals surface area contributed by atoms with Crippen molar-refractivity contribution in [2.24, 2.45) is 0 Å². The van der Waals surface area contributed by atoms with Crippen molar-refractivity contribution >= 4 is 11.9 Å². The number of aliphatic hydroxyl groups is 1. The predicted octanol–water partition coefficient (Wildman–Crippen LogP) is 1.70. The van der Waals surface area contributed by atoms with Crippen LogP contribution in [0.3, 0.4) is 0 Å². The Hall–Kier alpha value is -3.23. The van der Waals surface area contributed by atoms with Gasteiger partial charge in [0.15, 0.2) is 5.82 Å². The number of anilines is 1. The van der Waals surface area contributed by atoms with Crippen molar-refractivity contribution in [3.63, 3.8) is 0 Å². The Morgan fingerprint density at radius 1 is 1.13 bits per heavy atom. The molecular weight excluding hydrogens is 382 g/mol. The largest absolute Gasteiger partial charge is 0.390 e. The molecule has 2 aromatic carbocycles. The second-order valence-corrected chi connectivity index (χ2v) is 7.58. The molecule has 5 rings (SSSR count). The Morgan fingerprint density at radius 3 is 2.70 bits per heavy atom. The molecule has 154 valence electrons. The number of aliphatic hydroxyl groups excluding tert-OH is 1. The number of amides is 1. The average molecular weight is 405 g/mol. The van der Waals surface area contributed by atoms with Gasteiger partial charge in [-0.05, 0) is 23.3 Å². The Bertz CT molecular complexity index is 1040. The first-order valence-electron chi connectivity index (χ1n) is 10.1. The molecule has 30 heavy (non-hydrogen) atoms. The van der Waals surface area contributed by atoms with E-state index < -0.39 is 12.1 Å². The van der Waals surface area contributed by atoms with Crippen LogP contribution in [0, 0.1) is 0 Å². The van der Waals surface area contributed by atoms with Crippen molar-refractivity contribution in [2.45, 2.75) is 18.6 Å². The summed E-state index contributed by atoms with van der Waals surface area (Å²) in [5, 5.41) is 20.6. The minimum Gasteiger partial charge on any atom is -0.390 e. The van der Waals surface area contributed by atoms with E-state index in [2.05, 4.69) is 25.4 Å². The van der Waals surface area contributed by atoms with Crippen molar-refractivity contribution in [3.05, 3.63) is 65.2 Å². The van der Waals surface area contributed by atoms with Gasteiger partial charge in [0.1, 0.15) is 0 Å². The molecule has 1 aliphatic carbocycles. The van der Waals surface area contributed by atoms with Gasteiger partial charge >= 0.3 is 0 Å². The number of carbonyl (C=O) groups is 1. The number of hydrogen-bond donors (Lipinski definition) is 3. The minimum absolute atomic E-state index is 0.214. The molecule has 2 heterocycles. The van der Waals surface area contributed by atoms with Crippen molar-refractivity contribution in [1.29, 1.82) is 0 Å². The Balaban J connectivity index is 1.28. The summed E-state index contributed by atoms with van der Waals surface area (Å²) >= 11 is 0. The number of fused-ring (bicyclic) bond motifs is 1. The number of nitrogens with one attached hydrogen (secondary N) is 2. The lowest BCUT2D eigenvalue weighted by Crippen LogP contribution is -2.36. The van der Waals surface area contributed by atoms with Crippen molar-refractivity contribution in [3.8, 4) is 11.4 Å². The number of nitrogens with zero attached hydrogens (tertiary/aromatic N) is 3. The number of hydrogen-bond acceptors (Lipinski definition) is 6. The van der Waals surface area contributed by atoms with Crippen molar-refractivity contribution < 1.29 is 14.6 Å². The van der Waals surface area contributed by atoms with Gasteiger partial charge in [-0.1, -0.05) is 36.4 Å². The van der Waals surface area contributed by atoms with Crippen LogP contribution in [0.15, 0.2) is 48.5 Å². The maximum Gasteiger partial charge on any atom is 0.251 e. The summed E-state index contributed by atoms with van der Waals surface area (Å²) in [5.74, 6) is 1.10. The van der Waals surface area contributed by atoms with E-state index in [4.69, 9.17) is 4.74 Å². The van der Waals surface area contributed by atoms with Gasteiger partial charge < -0.3 is 20.1 Å². The zero-order chi connectivity index (χ0) is 20.5. The van der Waals surface area contributed by atoms with E-state index in [9.17, 15) is 9.90 Å². The second kappa shape index (κ2) is 7.89. The summed E-state index contributed by atoms with van der Waals surface area (Å²) in [6, 6.07) is 14.6. The maximum absolute atomic E-state index is 12.7. The molecule has 1 aliphatic heterocycles. The topological polar surface area (TPSA) is 103 Å². The summed E-state index contributed by atoms with van der Waals surface area (Å²) in [5.41, 5.74) is 3.44. The normalized spacial score (nSPS) is 20.8. The number of morpholine rings is 1. The summed E-state index contributed by atoms with van der Waals surface area (Å²) in [6.45, 7) is 2.89. The third-order valence-electron chi connectivity index (χ3n) is 5.68. The summed E-state index contributed by atoms with van der Waals surface area (Å²) in [6.07, 6.45) is -0.0600. The molecule has 1 fully saturated rings. The molecule has 8 heteroatoms. The maximum atomic E-state index is 12.7. The lowest BCUT2D eigenvalue weighted by atomic mass is 10.1. The highest BCUT2D eigenvalue weighted by atomic mass is 16.5. The predicted molar refractivity (Wildman–Crippen MR) is 111 cm³/mol. The van der Waals surface area contributed by atoms with E-state index in [-0.39, 0.29) is 5.91 Å². The number of H-pyrrole nitrogens is 1. The van der Waals surface area contributed by atoms with E-state index in [1.54, 1.807) is 12.1 Å². The van der Waals surface area contributed by atoms with Crippen LogP contribution in [0.1, 0.15) is 27.5 Å². The average Bonchev–Trinajstić information content (AvgIpc) is 3.40. The molecular formula is C22H23N5O3. The van der Waals surface area contributed by atoms with E-state index in [1.807, 2.05) is 36.4 Å². The third kappa shape index (κ3) is 3.55. The van der Waals surface area contributed by atoms with Gasteiger partial charge in [-0.2, -0.15) is 4.98 Å². The minimum atomic E-state index is -0.613. The molecule has 2 atom stereocenters. The van der Waals surface area contributed by atoms with E-state index in [0.29, 0.717) is 37.0 Å². The highest BCUT2D eigenvalue weighted by molar-refractivity contribution is 5.95. The fourth-order valence-corrected chi connectivity index (χ4v) is 4.04. The number of aromatic nitrogens is 3. The summed E-state index contributed by atoms with van der Waals surface area (Å²) in [7, 11) is 0. The van der Waals surface area contributed by atoms with E-state index in [1.165, 1.54) is 0 Å².